The number of nitrogens with zero attached hydrogens (tertiary/aromatic N) is 4. The van der Waals surface area contributed by atoms with Crippen LogP contribution >= 0.6 is 0 Å². The first-order chi connectivity index (χ1) is 22.3. The molecule has 0 saturated carbocycles. The van der Waals surface area contributed by atoms with Crippen molar-refractivity contribution in [2.24, 2.45) is 0 Å². The van der Waals surface area contributed by atoms with Gasteiger partial charge in [0, 0.05) is 38.6 Å². The summed E-state index contributed by atoms with van der Waals surface area (Å²) in [5.74, 6) is 0. The molecule has 0 bridgehead atoms. The van der Waals surface area contributed by atoms with E-state index < -0.39 is 0 Å². The second kappa shape index (κ2) is 9.18. The van der Waals surface area contributed by atoms with Crippen LogP contribution in [0.15, 0.2) is 158 Å². The fourth-order valence-corrected chi connectivity index (χ4v) is 7.41. The Morgan fingerprint density at radius 2 is 0.867 bits per heavy atom. The Hall–Kier alpha value is -6.13. The fourth-order valence-electron chi connectivity index (χ4n) is 7.41. The molecule has 0 fully saturated rings. The highest BCUT2D eigenvalue weighted by atomic mass is 15.1. The molecule has 0 atom stereocenters. The van der Waals surface area contributed by atoms with Crippen molar-refractivity contribution >= 4 is 65.4 Å². The number of hydrogen-bond donors (Lipinski definition) is 0. The van der Waals surface area contributed by atoms with Crippen LogP contribution in [0.5, 0.6) is 0 Å². The molecule has 0 N–H and O–H groups in total. The van der Waals surface area contributed by atoms with Gasteiger partial charge in [0.1, 0.15) is 6.33 Å². The van der Waals surface area contributed by atoms with E-state index in [1.54, 1.807) is 0 Å². The van der Waals surface area contributed by atoms with Crippen molar-refractivity contribution in [2.75, 3.05) is 0 Å². The van der Waals surface area contributed by atoms with E-state index in [1.807, 2.05) is 12.4 Å². The van der Waals surface area contributed by atoms with Crippen LogP contribution in [0.4, 0.5) is 0 Å². The smallest absolute Gasteiger partial charge is 0.100 e. The Balaban J connectivity index is 1.26. The Bertz CT molecular complexity index is 2750. The maximum Gasteiger partial charge on any atom is 0.100 e. The van der Waals surface area contributed by atoms with E-state index in [2.05, 4.69) is 159 Å². The van der Waals surface area contributed by atoms with Gasteiger partial charge in [-0.25, -0.2) is 4.98 Å². The molecular weight excluding hydrogens is 548 g/mol. The largest absolute Gasteiger partial charge is 0.309 e. The van der Waals surface area contributed by atoms with Crippen molar-refractivity contribution in [3.05, 3.63) is 158 Å². The average molecular weight is 575 g/mol. The number of rotatable bonds is 3. The Labute approximate surface area is 258 Å². The van der Waals surface area contributed by atoms with Gasteiger partial charge in [-0.05, 0) is 77.5 Å². The third-order valence-electron chi connectivity index (χ3n) is 9.31. The summed E-state index contributed by atoms with van der Waals surface area (Å²) in [6.45, 7) is 0. The molecule has 7 aromatic carbocycles. The molecule has 0 saturated heterocycles. The van der Waals surface area contributed by atoms with E-state index in [9.17, 15) is 0 Å². The first-order valence-electron chi connectivity index (χ1n) is 15.3. The van der Waals surface area contributed by atoms with Crippen molar-refractivity contribution in [1.82, 2.24) is 18.7 Å². The Morgan fingerprint density at radius 3 is 1.49 bits per heavy atom. The van der Waals surface area contributed by atoms with Crippen LogP contribution in [0.1, 0.15) is 0 Å². The van der Waals surface area contributed by atoms with Crippen molar-refractivity contribution in [3.8, 4) is 17.1 Å². The molecule has 3 heterocycles. The molecule has 0 amide bonds. The van der Waals surface area contributed by atoms with Gasteiger partial charge in [0.2, 0.25) is 0 Å². The number of imidazole rings is 1. The summed E-state index contributed by atoms with van der Waals surface area (Å²) in [4.78, 5) is 4.81. The molecule has 45 heavy (non-hydrogen) atoms. The third kappa shape index (κ3) is 3.39. The van der Waals surface area contributed by atoms with Gasteiger partial charge in [-0.1, -0.05) is 84.9 Å². The molecule has 3 aromatic heterocycles. The molecule has 0 radical (unpaired) electrons. The van der Waals surface area contributed by atoms with Gasteiger partial charge in [0.25, 0.3) is 0 Å². The molecule has 0 spiro atoms. The highest BCUT2D eigenvalue weighted by Crippen LogP contribution is 2.42. The van der Waals surface area contributed by atoms with Crippen LogP contribution in [0, 0.1) is 0 Å². The second-order valence-electron chi connectivity index (χ2n) is 11.7. The van der Waals surface area contributed by atoms with E-state index >= 15 is 0 Å². The van der Waals surface area contributed by atoms with Crippen molar-refractivity contribution in [1.29, 1.82) is 0 Å². The monoisotopic (exact) mass is 574 g/mol. The molecule has 4 heteroatoms. The maximum absolute atomic E-state index is 4.81. The van der Waals surface area contributed by atoms with Crippen LogP contribution in [-0.4, -0.2) is 18.7 Å². The molecular formula is C41H26N4. The molecule has 0 aliphatic carbocycles. The zero-order valence-corrected chi connectivity index (χ0v) is 24.3. The lowest BCUT2D eigenvalue weighted by molar-refractivity contribution is 1.09. The van der Waals surface area contributed by atoms with Crippen molar-refractivity contribution in [3.63, 3.8) is 0 Å². The standard InChI is InChI=1S/C41H26N4/c1-3-11-27(12-4-1)43-26-42-34-25-29(19-22-37(34)43)45-36-18-10-8-16-33(36)41-31-20-23-38-40(30(31)21-24-39(41)45)32-15-7-9-17-35(32)44(38)28-13-5-2-6-14-28/h1-26H. The minimum Gasteiger partial charge on any atom is -0.309 e. The molecule has 10 aromatic rings. The van der Waals surface area contributed by atoms with E-state index in [4.69, 9.17) is 4.98 Å². The lowest BCUT2D eigenvalue weighted by atomic mass is 9.99. The van der Waals surface area contributed by atoms with E-state index in [1.165, 1.54) is 60.1 Å². The SMILES string of the molecule is c1ccc(-n2cnc3cc(-n4c5ccccc5c5c6ccc7c(c6ccc54)c4ccccc4n7-c4ccccc4)ccc32)cc1. The Morgan fingerprint density at radius 1 is 0.356 bits per heavy atom. The predicted octanol–water partition coefficient (Wildman–Crippen LogP) is 10.4. The Kier molecular flexibility index (Phi) is 4.96. The molecule has 0 unspecified atom stereocenters. The number of benzene rings is 7. The molecule has 210 valence electrons. The van der Waals surface area contributed by atoms with E-state index in [0.29, 0.717) is 0 Å². The normalized spacial score (nSPS) is 12.0. The highest BCUT2D eigenvalue weighted by Gasteiger charge is 2.19. The predicted molar refractivity (Wildman–Crippen MR) is 187 cm³/mol. The van der Waals surface area contributed by atoms with Crippen LogP contribution in [0.2, 0.25) is 0 Å². The van der Waals surface area contributed by atoms with Gasteiger partial charge in [-0.3, -0.25) is 4.57 Å². The van der Waals surface area contributed by atoms with Crippen LogP contribution in [0.25, 0.3) is 82.5 Å². The minimum absolute atomic E-state index is 0.971. The van der Waals surface area contributed by atoms with Crippen LogP contribution < -0.4 is 0 Å². The summed E-state index contributed by atoms with van der Waals surface area (Å²) in [6.07, 6.45) is 1.92. The van der Waals surface area contributed by atoms with Crippen LogP contribution in [-0.2, 0) is 0 Å². The average Bonchev–Trinajstić information content (AvgIpc) is 3.79. The van der Waals surface area contributed by atoms with E-state index in [-0.39, 0.29) is 0 Å². The van der Waals surface area contributed by atoms with Crippen molar-refractivity contribution in [2.45, 2.75) is 0 Å². The zero-order valence-electron chi connectivity index (χ0n) is 24.3. The van der Waals surface area contributed by atoms with Gasteiger partial charge in [-0.2, -0.15) is 0 Å². The summed E-state index contributed by atoms with van der Waals surface area (Å²) < 4.78 is 6.93. The maximum atomic E-state index is 4.81. The summed E-state index contributed by atoms with van der Waals surface area (Å²) in [7, 11) is 0. The number of hydrogen-bond acceptors (Lipinski definition) is 1. The molecule has 4 nitrogen and oxygen atoms in total. The van der Waals surface area contributed by atoms with Gasteiger partial charge in [0.15, 0.2) is 0 Å². The first-order valence-corrected chi connectivity index (χ1v) is 15.3. The summed E-state index contributed by atoms with van der Waals surface area (Å²) >= 11 is 0. The second-order valence-corrected chi connectivity index (χ2v) is 11.7. The minimum atomic E-state index is 0.971. The topological polar surface area (TPSA) is 27.7 Å². The molecule has 0 aliphatic rings. The summed E-state index contributed by atoms with van der Waals surface area (Å²) in [5, 5.41) is 7.62. The van der Waals surface area contributed by atoms with Gasteiger partial charge >= 0.3 is 0 Å². The van der Waals surface area contributed by atoms with Crippen LogP contribution in [0.3, 0.4) is 0 Å². The summed E-state index contributed by atoms with van der Waals surface area (Å²) in [6, 6.07) is 54.5. The third-order valence-corrected chi connectivity index (χ3v) is 9.31. The van der Waals surface area contributed by atoms with Gasteiger partial charge < -0.3 is 9.13 Å². The lowest BCUT2D eigenvalue weighted by Gasteiger charge is -2.10. The first kappa shape index (κ1) is 24.3. The lowest BCUT2D eigenvalue weighted by Crippen LogP contribution is -1.95. The number of aromatic nitrogens is 4. The highest BCUT2D eigenvalue weighted by molar-refractivity contribution is 6.29. The van der Waals surface area contributed by atoms with E-state index in [0.717, 1.165) is 22.4 Å². The van der Waals surface area contributed by atoms with Gasteiger partial charge in [-0.15, -0.1) is 0 Å². The summed E-state index contributed by atoms with van der Waals surface area (Å²) in [5.41, 5.74) is 10.3. The molecule has 0 aliphatic heterocycles. The zero-order chi connectivity index (χ0) is 29.5. The van der Waals surface area contributed by atoms with Crippen molar-refractivity contribution < 1.29 is 0 Å². The number of para-hydroxylation sites is 4. The number of fused-ring (bicyclic) bond motifs is 10. The quantitative estimate of drug-likeness (QED) is 0.206. The molecule has 10 rings (SSSR count). The van der Waals surface area contributed by atoms with Gasteiger partial charge in [0.05, 0.1) is 33.1 Å². The fraction of sp³-hybridized carbons (Fsp3) is 0.